The minimum absolute atomic E-state index is 0.0394. The van der Waals surface area contributed by atoms with Gasteiger partial charge >= 0.3 is 0 Å². The number of aryl methyl sites for hydroxylation is 2. The van der Waals surface area contributed by atoms with Gasteiger partial charge in [-0.2, -0.15) is 0 Å². The van der Waals surface area contributed by atoms with Gasteiger partial charge < -0.3 is 9.84 Å². The first-order chi connectivity index (χ1) is 9.26. The van der Waals surface area contributed by atoms with Gasteiger partial charge in [0.25, 0.3) is 0 Å². The molecular weight excluding hydrogens is 304 g/mol. The summed E-state index contributed by atoms with van der Waals surface area (Å²) in [4.78, 5) is 0. The highest BCUT2D eigenvalue weighted by atomic mass is 79.9. The Bertz CT molecular complexity index is 608. The highest BCUT2D eigenvalue weighted by molar-refractivity contribution is 9.10. The third-order valence-electron chi connectivity index (χ3n) is 3.48. The van der Waals surface area contributed by atoms with Crippen molar-refractivity contribution in [2.24, 2.45) is 0 Å². The summed E-state index contributed by atoms with van der Waals surface area (Å²) < 4.78 is 6.77. The Labute approximate surface area is 121 Å². The summed E-state index contributed by atoms with van der Waals surface area (Å²) in [6.07, 6.45) is 3.58. The van der Waals surface area contributed by atoms with Crippen molar-refractivity contribution in [1.82, 2.24) is 0 Å². The predicted octanol–water partition coefficient (Wildman–Crippen LogP) is 4.22. The first-order valence-corrected chi connectivity index (χ1v) is 7.24. The predicted molar refractivity (Wildman–Crippen MR) is 78.6 cm³/mol. The number of benzene rings is 2. The average Bonchev–Trinajstić information content (AvgIpc) is 2.88. The van der Waals surface area contributed by atoms with E-state index < -0.39 is 0 Å². The van der Waals surface area contributed by atoms with Crippen molar-refractivity contribution in [3.05, 3.63) is 57.6 Å². The van der Waals surface area contributed by atoms with E-state index in [4.69, 9.17) is 9.84 Å². The molecule has 0 spiro atoms. The van der Waals surface area contributed by atoms with Gasteiger partial charge in [0.15, 0.2) is 0 Å². The first-order valence-electron chi connectivity index (χ1n) is 6.45. The molecule has 0 heterocycles. The Kier molecular flexibility index (Phi) is 3.58. The van der Waals surface area contributed by atoms with Crippen LogP contribution >= 0.6 is 15.9 Å². The molecule has 1 aliphatic carbocycles. The number of halogens is 1. The molecule has 3 rings (SSSR count). The van der Waals surface area contributed by atoms with E-state index in [1.165, 1.54) is 24.0 Å². The Hall–Kier alpha value is -1.32. The van der Waals surface area contributed by atoms with Gasteiger partial charge in [-0.1, -0.05) is 12.1 Å². The molecule has 19 heavy (non-hydrogen) atoms. The largest absolute Gasteiger partial charge is 0.456 e. The van der Waals surface area contributed by atoms with Crippen LogP contribution in [-0.2, 0) is 19.4 Å². The molecule has 2 aromatic rings. The second-order valence-corrected chi connectivity index (χ2v) is 5.66. The number of ether oxygens (including phenoxy) is 1. The van der Waals surface area contributed by atoms with E-state index >= 15 is 0 Å². The van der Waals surface area contributed by atoms with Crippen molar-refractivity contribution < 1.29 is 9.84 Å². The van der Waals surface area contributed by atoms with Crippen LogP contribution in [0.4, 0.5) is 0 Å². The van der Waals surface area contributed by atoms with Crippen LogP contribution in [0.5, 0.6) is 11.5 Å². The van der Waals surface area contributed by atoms with Crippen LogP contribution in [0.15, 0.2) is 40.9 Å². The quantitative estimate of drug-likeness (QED) is 0.918. The molecule has 2 nitrogen and oxygen atoms in total. The monoisotopic (exact) mass is 318 g/mol. The third kappa shape index (κ3) is 2.67. The van der Waals surface area contributed by atoms with Gasteiger partial charge in [0.05, 0.1) is 11.1 Å². The van der Waals surface area contributed by atoms with Gasteiger partial charge in [0.1, 0.15) is 11.5 Å². The minimum atomic E-state index is 0.0394. The zero-order valence-electron chi connectivity index (χ0n) is 10.5. The highest BCUT2D eigenvalue weighted by Gasteiger charge is 2.12. The van der Waals surface area contributed by atoms with Crippen LogP contribution in [0.2, 0.25) is 0 Å². The molecule has 0 bridgehead atoms. The van der Waals surface area contributed by atoms with E-state index in [-0.39, 0.29) is 6.61 Å². The summed E-state index contributed by atoms with van der Waals surface area (Å²) in [6, 6.07) is 11.9. The number of rotatable bonds is 3. The Balaban J connectivity index is 1.85. The fourth-order valence-electron chi connectivity index (χ4n) is 2.46. The van der Waals surface area contributed by atoms with E-state index in [1.807, 2.05) is 24.3 Å². The minimum Gasteiger partial charge on any atom is -0.456 e. The smallest absolute Gasteiger partial charge is 0.141 e. The molecule has 1 aliphatic rings. The zero-order chi connectivity index (χ0) is 13.2. The number of hydrogen-bond donors (Lipinski definition) is 1. The van der Waals surface area contributed by atoms with Gasteiger partial charge in [-0.05, 0) is 76.1 Å². The Morgan fingerprint density at radius 1 is 1.05 bits per heavy atom. The standard InChI is InChI=1S/C16H15BrO2/c17-15-8-11(10-18)4-7-16(15)19-14-6-5-12-2-1-3-13(12)9-14/h4-9,18H,1-3,10H2. The zero-order valence-corrected chi connectivity index (χ0v) is 12.1. The molecule has 0 saturated heterocycles. The molecule has 0 saturated carbocycles. The highest BCUT2D eigenvalue weighted by Crippen LogP contribution is 2.33. The van der Waals surface area contributed by atoms with Crippen LogP contribution in [0.1, 0.15) is 23.1 Å². The van der Waals surface area contributed by atoms with Gasteiger partial charge in [-0.3, -0.25) is 0 Å². The number of fused-ring (bicyclic) bond motifs is 1. The lowest BCUT2D eigenvalue weighted by atomic mass is 10.1. The average molecular weight is 319 g/mol. The summed E-state index contributed by atoms with van der Waals surface area (Å²) in [5.74, 6) is 1.65. The maximum atomic E-state index is 9.09. The molecule has 0 amide bonds. The lowest BCUT2D eigenvalue weighted by Crippen LogP contribution is -1.90. The molecule has 0 aliphatic heterocycles. The molecule has 3 heteroatoms. The van der Waals surface area contributed by atoms with Crippen molar-refractivity contribution in [3.63, 3.8) is 0 Å². The van der Waals surface area contributed by atoms with Crippen LogP contribution in [0.25, 0.3) is 0 Å². The Morgan fingerprint density at radius 3 is 2.68 bits per heavy atom. The van der Waals surface area contributed by atoms with E-state index in [0.717, 1.165) is 28.0 Å². The summed E-state index contributed by atoms with van der Waals surface area (Å²) in [7, 11) is 0. The maximum Gasteiger partial charge on any atom is 0.141 e. The summed E-state index contributed by atoms with van der Waals surface area (Å²) in [6.45, 7) is 0.0394. The van der Waals surface area contributed by atoms with Crippen molar-refractivity contribution in [1.29, 1.82) is 0 Å². The van der Waals surface area contributed by atoms with Crippen LogP contribution < -0.4 is 4.74 Å². The molecule has 1 N–H and O–H groups in total. The van der Waals surface area contributed by atoms with Crippen molar-refractivity contribution >= 4 is 15.9 Å². The second kappa shape index (κ2) is 5.35. The van der Waals surface area contributed by atoms with Crippen molar-refractivity contribution in [2.75, 3.05) is 0 Å². The Morgan fingerprint density at radius 2 is 1.89 bits per heavy atom. The van der Waals surface area contributed by atoms with Crippen molar-refractivity contribution in [3.8, 4) is 11.5 Å². The third-order valence-corrected chi connectivity index (χ3v) is 4.10. The lowest BCUT2D eigenvalue weighted by Gasteiger charge is -2.10. The summed E-state index contributed by atoms with van der Waals surface area (Å²) in [5, 5.41) is 9.09. The van der Waals surface area contributed by atoms with Gasteiger partial charge in [-0.25, -0.2) is 0 Å². The maximum absolute atomic E-state index is 9.09. The summed E-state index contributed by atoms with van der Waals surface area (Å²) >= 11 is 3.47. The number of aliphatic hydroxyl groups excluding tert-OH is 1. The number of aliphatic hydroxyl groups is 1. The molecule has 0 fully saturated rings. The van der Waals surface area contributed by atoms with Gasteiger partial charge in [-0.15, -0.1) is 0 Å². The van der Waals surface area contributed by atoms with E-state index in [1.54, 1.807) is 0 Å². The molecule has 98 valence electrons. The lowest BCUT2D eigenvalue weighted by molar-refractivity contribution is 0.281. The normalized spacial score (nSPS) is 13.4. The van der Waals surface area contributed by atoms with E-state index in [9.17, 15) is 0 Å². The fourth-order valence-corrected chi connectivity index (χ4v) is 2.97. The van der Waals surface area contributed by atoms with E-state index in [2.05, 4.69) is 28.1 Å². The first kappa shape index (κ1) is 12.7. The van der Waals surface area contributed by atoms with Gasteiger partial charge in [0.2, 0.25) is 0 Å². The number of hydrogen-bond acceptors (Lipinski definition) is 2. The molecule has 0 unspecified atom stereocenters. The summed E-state index contributed by atoms with van der Waals surface area (Å²) in [5.41, 5.74) is 3.72. The molecular formula is C16H15BrO2. The molecule has 0 aromatic heterocycles. The van der Waals surface area contributed by atoms with Crippen molar-refractivity contribution in [2.45, 2.75) is 25.9 Å². The topological polar surface area (TPSA) is 29.5 Å². The van der Waals surface area contributed by atoms with Crippen LogP contribution in [0.3, 0.4) is 0 Å². The SMILES string of the molecule is OCc1ccc(Oc2ccc3c(c2)CCC3)c(Br)c1. The van der Waals surface area contributed by atoms with E-state index in [0.29, 0.717) is 0 Å². The van der Waals surface area contributed by atoms with Crippen LogP contribution in [0, 0.1) is 0 Å². The van der Waals surface area contributed by atoms with Crippen LogP contribution in [-0.4, -0.2) is 5.11 Å². The second-order valence-electron chi connectivity index (χ2n) is 4.81. The molecule has 0 atom stereocenters. The molecule has 2 aromatic carbocycles. The molecule has 0 radical (unpaired) electrons. The van der Waals surface area contributed by atoms with Gasteiger partial charge in [0, 0.05) is 0 Å². The fraction of sp³-hybridized carbons (Fsp3) is 0.250.